The Morgan fingerprint density at radius 1 is 1.25 bits per heavy atom. The van der Waals surface area contributed by atoms with Gasteiger partial charge in [0.25, 0.3) is 5.91 Å². The number of amides is 1. The molecule has 0 aliphatic rings. The number of nitrogens with zero attached hydrogens (tertiary/aromatic N) is 3. The number of rotatable bonds is 3. The number of aromatic nitrogens is 3. The molecule has 0 spiro atoms. The Hall–Kier alpha value is -3.50. The van der Waals surface area contributed by atoms with Crippen LogP contribution in [0.15, 0.2) is 54.7 Å². The fraction of sp³-hybridized carbons (Fsp3) is 0.0952. The number of carbonyl (C=O) groups is 1. The van der Waals surface area contributed by atoms with Crippen LogP contribution in [-0.2, 0) is 0 Å². The van der Waals surface area contributed by atoms with E-state index in [0.717, 1.165) is 21.6 Å². The standard InChI is InChI=1S/C21H15FN4OS/c1-14-18-13-19(20(27)24-12-4-6-16-5-2-3-11-23-16)28-21(18)26(25-14)17-9-7-15(22)8-10-17/h2-3,5,7-11,13H,12H2,1H3,(H,24,27). The summed E-state index contributed by atoms with van der Waals surface area (Å²) in [4.78, 5) is 18.0. The summed E-state index contributed by atoms with van der Waals surface area (Å²) in [5, 5.41) is 8.20. The van der Waals surface area contributed by atoms with Crippen molar-refractivity contribution in [3.8, 4) is 17.5 Å². The first-order chi connectivity index (χ1) is 13.6. The number of carbonyl (C=O) groups excluding carboxylic acids is 1. The fourth-order valence-corrected chi connectivity index (χ4v) is 3.80. The SMILES string of the molecule is Cc1nn(-c2ccc(F)cc2)c2sc(C(=O)NCC#Cc3ccccn3)cc12. The third-order valence-electron chi connectivity index (χ3n) is 4.06. The second kappa shape index (κ2) is 7.62. The Bertz CT molecular complexity index is 1200. The van der Waals surface area contributed by atoms with Gasteiger partial charge in [0.1, 0.15) is 16.3 Å². The van der Waals surface area contributed by atoms with Gasteiger partial charge < -0.3 is 5.32 Å². The van der Waals surface area contributed by atoms with E-state index in [1.54, 1.807) is 23.0 Å². The molecule has 7 heteroatoms. The van der Waals surface area contributed by atoms with Crippen LogP contribution < -0.4 is 5.32 Å². The summed E-state index contributed by atoms with van der Waals surface area (Å²) in [6.45, 7) is 2.11. The Morgan fingerprint density at radius 2 is 2.07 bits per heavy atom. The van der Waals surface area contributed by atoms with Crippen molar-refractivity contribution in [1.82, 2.24) is 20.1 Å². The van der Waals surface area contributed by atoms with Gasteiger partial charge in [-0.2, -0.15) is 5.10 Å². The summed E-state index contributed by atoms with van der Waals surface area (Å²) >= 11 is 1.34. The normalized spacial score (nSPS) is 10.5. The highest BCUT2D eigenvalue weighted by atomic mass is 32.1. The van der Waals surface area contributed by atoms with Gasteiger partial charge in [0.2, 0.25) is 0 Å². The topological polar surface area (TPSA) is 59.8 Å². The zero-order valence-electron chi connectivity index (χ0n) is 14.9. The first kappa shape index (κ1) is 17.9. The van der Waals surface area contributed by atoms with E-state index >= 15 is 0 Å². The smallest absolute Gasteiger partial charge is 0.262 e. The molecule has 0 bridgehead atoms. The van der Waals surface area contributed by atoms with Crippen LogP contribution in [-0.4, -0.2) is 27.2 Å². The number of hydrogen-bond acceptors (Lipinski definition) is 4. The van der Waals surface area contributed by atoms with Gasteiger partial charge in [0, 0.05) is 11.6 Å². The average molecular weight is 390 g/mol. The van der Waals surface area contributed by atoms with Crippen molar-refractivity contribution >= 4 is 27.5 Å². The summed E-state index contributed by atoms with van der Waals surface area (Å²) in [5.74, 6) is 5.29. The van der Waals surface area contributed by atoms with E-state index in [2.05, 4.69) is 27.2 Å². The highest BCUT2D eigenvalue weighted by Crippen LogP contribution is 2.30. The number of hydrogen-bond donors (Lipinski definition) is 1. The third kappa shape index (κ3) is 3.63. The fourth-order valence-electron chi connectivity index (χ4n) is 2.70. The predicted molar refractivity (Wildman–Crippen MR) is 107 cm³/mol. The molecule has 28 heavy (non-hydrogen) atoms. The van der Waals surface area contributed by atoms with Gasteiger partial charge in [-0.3, -0.25) is 4.79 Å². The van der Waals surface area contributed by atoms with Crippen LogP contribution in [0.4, 0.5) is 4.39 Å². The van der Waals surface area contributed by atoms with Crippen molar-refractivity contribution in [2.24, 2.45) is 0 Å². The number of halogens is 1. The van der Waals surface area contributed by atoms with Crippen LogP contribution in [0.1, 0.15) is 21.1 Å². The molecule has 0 aliphatic carbocycles. The van der Waals surface area contributed by atoms with Crippen molar-refractivity contribution in [2.75, 3.05) is 6.54 Å². The molecule has 4 rings (SSSR count). The summed E-state index contributed by atoms with van der Waals surface area (Å²) < 4.78 is 14.9. The first-order valence-corrected chi connectivity index (χ1v) is 9.36. The zero-order chi connectivity index (χ0) is 19.5. The lowest BCUT2D eigenvalue weighted by Gasteiger charge is -2.02. The summed E-state index contributed by atoms with van der Waals surface area (Å²) in [5.41, 5.74) is 2.22. The molecule has 0 aliphatic heterocycles. The first-order valence-electron chi connectivity index (χ1n) is 8.55. The monoisotopic (exact) mass is 390 g/mol. The molecule has 1 N–H and O–H groups in total. The number of fused-ring (bicyclic) bond motifs is 1. The Labute approximate surface area is 164 Å². The van der Waals surface area contributed by atoms with E-state index in [4.69, 9.17) is 0 Å². The summed E-state index contributed by atoms with van der Waals surface area (Å²) in [6.07, 6.45) is 1.67. The van der Waals surface area contributed by atoms with E-state index in [9.17, 15) is 9.18 Å². The minimum Gasteiger partial charge on any atom is -0.340 e. The third-order valence-corrected chi connectivity index (χ3v) is 5.17. The van der Waals surface area contributed by atoms with Crippen LogP contribution in [0.3, 0.4) is 0 Å². The molecule has 1 aromatic carbocycles. The molecule has 3 aromatic heterocycles. The van der Waals surface area contributed by atoms with E-state index in [1.807, 2.05) is 31.2 Å². The Balaban J connectivity index is 1.53. The van der Waals surface area contributed by atoms with Gasteiger partial charge in [-0.25, -0.2) is 14.1 Å². The molecular formula is C21H15FN4OS. The highest BCUT2D eigenvalue weighted by Gasteiger charge is 2.16. The van der Waals surface area contributed by atoms with Gasteiger partial charge >= 0.3 is 0 Å². The maximum absolute atomic E-state index is 13.2. The second-order valence-electron chi connectivity index (χ2n) is 6.00. The molecule has 0 atom stereocenters. The molecule has 5 nitrogen and oxygen atoms in total. The molecule has 4 aromatic rings. The predicted octanol–water partition coefficient (Wildman–Crippen LogP) is 3.71. The zero-order valence-corrected chi connectivity index (χ0v) is 15.8. The quantitative estimate of drug-likeness (QED) is 0.543. The number of aryl methyl sites for hydroxylation is 1. The molecule has 0 fully saturated rings. The maximum Gasteiger partial charge on any atom is 0.262 e. The summed E-state index contributed by atoms with van der Waals surface area (Å²) in [7, 11) is 0. The number of benzene rings is 1. The molecule has 0 radical (unpaired) electrons. The molecule has 1 amide bonds. The van der Waals surface area contributed by atoms with E-state index < -0.39 is 0 Å². The summed E-state index contributed by atoms with van der Waals surface area (Å²) in [6, 6.07) is 13.4. The molecule has 0 saturated carbocycles. The van der Waals surface area contributed by atoms with Crippen LogP contribution in [0.2, 0.25) is 0 Å². The highest BCUT2D eigenvalue weighted by molar-refractivity contribution is 7.20. The lowest BCUT2D eigenvalue weighted by atomic mass is 10.3. The van der Waals surface area contributed by atoms with Crippen molar-refractivity contribution in [2.45, 2.75) is 6.92 Å². The lowest BCUT2D eigenvalue weighted by molar-refractivity contribution is 0.0963. The van der Waals surface area contributed by atoms with E-state index in [0.29, 0.717) is 10.6 Å². The second-order valence-corrected chi connectivity index (χ2v) is 7.03. The van der Waals surface area contributed by atoms with Crippen LogP contribution in [0.5, 0.6) is 0 Å². The Kier molecular flexibility index (Phi) is 4.87. The Morgan fingerprint density at radius 3 is 2.82 bits per heavy atom. The molecule has 3 heterocycles. The van der Waals surface area contributed by atoms with Gasteiger partial charge in [0.05, 0.1) is 22.8 Å². The van der Waals surface area contributed by atoms with Crippen LogP contribution >= 0.6 is 11.3 Å². The van der Waals surface area contributed by atoms with Gasteiger partial charge in [-0.15, -0.1) is 11.3 Å². The lowest BCUT2D eigenvalue weighted by Crippen LogP contribution is -2.22. The molecular weight excluding hydrogens is 375 g/mol. The minimum atomic E-state index is -0.304. The van der Waals surface area contributed by atoms with E-state index in [1.165, 1.54) is 23.5 Å². The van der Waals surface area contributed by atoms with Crippen molar-refractivity contribution in [3.63, 3.8) is 0 Å². The molecule has 138 valence electrons. The van der Waals surface area contributed by atoms with Gasteiger partial charge in [0.15, 0.2) is 0 Å². The van der Waals surface area contributed by atoms with Crippen molar-refractivity contribution in [1.29, 1.82) is 0 Å². The van der Waals surface area contributed by atoms with Gasteiger partial charge in [-0.1, -0.05) is 12.0 Å². The maximum atomic E-state index is 13.2. The molecule has 0 unspecified atom stereocenters. The van der Waals surface area contributed by atoms with Crippen molar-refractivity contribution < 1.29 is 9.18 Å². The van der Waals surface area contributed by atoms with Crippen molar-refractivity contribution in [3.05, 3.63) is 76.8 Å². The van der Waals surface area contributed by atoms with E-state index in [-0.39, 0.29) is 18.3 Å². The van der Waals surface area contributed by atoms with Gasteiger partial charge in [-0.05, 0) is 55.3 Å². The molecule has 0 saturated heterocycles. The van der Waals surface area contributed by atoms with Crippen LogP contribution in [0.25, 0.3) is 15.9 Å². The number of thiophene rings is 1. The van der Waals surface area contributed by atoms with Crippen LogP contribution in [0, 0.1) is 24.6 Å². The minimum absolute atomic E-state index is 0.193. The average Bonchev–Trinajstić information content (AvgIpc) is 3.27. The number of nitrogens with one attached hydrogen (secondary N) is 1. The largest absolute Gasteiger partial charge is 0.340 e. The number of pyridine rings is 1.